The molecule has 4 rings (SSSR count). The first-order valence-electron chi connectivity index (χ1n) is 8.29. The fourth-order valence-corrected chi connectivity index (χ4v) is 3.44. The van der Waals surface area contributed by atoms with Gasteiger partial charge in [0.05, 0.1) is 5.75 Å². The van der Waals surface area contributed by atoms with E-state index in [-0.39, 0.29) is 11.5 Å². The minimum Gasteiger partial charge on any atom is -0.486 e. The third kappa shape index (κ3) is 3.01. The van der Waals surface area contributed by atoms with Gasteiger partial charge in [0.2, 0.25) is 5.16 Å². The van der Waals surface area contributed by atoms with Gasteiger partial charge in [-0.3, -0.25) is 4.79 Å². The van der Waals surface area contributed by atoms with Gasteiger partial charge < -0.3 is 9.47 Å². The van der Waals surface area contributed by atoms with E-state index < -0.39 is 0 Å². The molecule has 3 aromatic rings. The first-order chi connectivity index (χ1) is 12.5. The number of ketones is 1. The van der Waals surface area contributed by atoms with E-state index in [2.05, 4.69) is 15.1 Å². The summed E-state index contributed by atoms with van der Waals surface area (Å²) in [6.45, 7) is 6.98. The molecule has 2 aromatic heterocycles. The normalized spacial score (nSPS) is 13.2. The van der Waals surface area contributed by atoms with Crippen LogP contribution in [0.1, 0.15) is 27.3 Å². The molecule has 1 aliphatic rings. The van der Waals surface area contributed by atoms with Gasteiger partial charge in [-0.1, -0.05) is 11.8 Å². The van der Waals surface area contributed by atoms with Crippen LogP contribution in [-0.2, 0) is 0 Å². The molecular weight excluding hydrogens is 352 g/mol. The second kappa shape index (κ2) is 6.60. The SMILES string of the molecule is Cc1nc2nc(SCC(=O)c3ccc4c(c3)OCCO4)nn2c(C)c1C. The molecule has 0 spiro atoms. The third-order valence-electron chi connectivity index (χ3n) is 4.44. The summed E-state index contributed by atoms with van der Waals surface area (Å²) >= 11 is 1.30. The predicted octanol–water partition coefficient (Wildman–Crippen LogP) is 2.80. The van der Waals surface area contributed by atoms with Crippen LogP contribution < -0.4 is 9.47 Å². The second-order valence-electron chi connectivity index (χ2n) is 6.08. The number of aryl methyl sites for hydroxylation is 2. The average Bonchev–Trinajstić information content (AvgIpc) is 3.07. The van der Waals surface area contributed by atoms with Crippen LogP contribution >= 0.6 is 11.8 Å². The summed E-state index contributed by atoms with van der Waals surface area (Å²) in [5, 5.41) is 5.00. The van der Waals surface area contributed by atoms with Crippen LogP contribution in [0.15, 0.2) is 23.4 Å². The minimum atomic E-state index is -0.0112. The van der Waals surface area contributed by atoms with Gasteiger partial charge in [0.1, 0.15) is 13.2 Å². The number of fused-ring (bicyclic) bond motifs is 2. The lowest BCUT2D eigenvalue weighted by Crippen LogP contribution is -2.16. The fourth-order valence-electron chi connectivity index (χ4n) is 2.73. The van der Waals surface area contributed by atoms with Gasteiger partial charge in [0.15, 0.2) is 17.3 Å². The Morgan fingerprint density at radius 2 is 1.92 bits per heavy atom. The largest absolute Gasteiger partial charge is 0.486 e. The molecule has 0 saturated heterocycles. The predicted molar refractivity (Wildman–Crippen MR) is 97.5 cm³/mol. The molecule has 0 fully saturated rings. The number of Topliss-reactive ketones (excluding diaryl/α,β-unsaturated/α-hetero) is 1. The van der Waals surface area contributed by atoms with Crippen molar-refractivity contribution in [1.29, 1.82) is 0 Å². The van der Waals surface area contributed by atoms with Gasteiger partial charge in [-0.25, -0.2) is 9.50 Å². The zero-order chi connectivity index (χ0) is 18.3. The first-order valence-corrected chi connectivity index (χ1v) is 9.27. The molecule has 3 heterocycles. The Morgan fingerprint density at radius 3 is 2.73 bits per heavy atom. The molecule has 0 atom stereocenters. The van der Waals surface area contributed by atoms with E-state index in [1.165, 1.54) is 11.8 Å². The molecule has 0 saturated carbocycles. The minimum absolute atomic E-state index is 0.0112. The Morgan fingerprint density at radius 1 is 1.15 bits per heavy atom. The Kier molecular flexibility index (Phi) is 4.28. The third-order valence-corrected chi connectivity index (χ3v) is 5.28. The van der Waals surface area contributed by atoms with Gasteiger partial charge in [-0.05, 0) is 44.5 Å². The first kappa shape index (κ1) is 16.8. The van der Waals surface area contributed by atoms with Gasteiger partial charge in [0, 0.05) is 17.0 Å². The Hall–Kier alpha value is -2.61. The number of hydrogen-bond acceptors (Lipinski definition) is 7. The number of carbonyl (C=O) groups is 1. The molecule has 0 radical (unpaired) electrons. The Bertz CT molecular complexity index is 1020. The van der Waals surface area contributed by atoms with Crippen LogP contribution in [0.5, 0.6) is 11.5 Å². The number of rotatable bonds is 4. The van der Waals surface area contributed by atoms with E-state index in [9.17, 15) is 4.79 Å². The van der Waals surface area contributed by atoms with Gasteiger partial charge in [-0.2, -0.15) is 4.98 Å². The molecule has 0 unspecified atom stereocenters. The average molecular weight is 370 g/mol. The maximum atomic E-state index is 12.5. The lowest BCUT2D eigenvalue weighted by molar-refractivity contribution is 0.102. The summed E-state index contributed by atoms with van der Waals surface area (Å²) < 4.78 is 12.7. The van der Waals surface area contributed by atoms with Crippen molar-refractivity contribution in [3.8, 4) is 11.5 Å². The van der Waals surface area contributed by atoms with Gasteiger partial charge >= 0.3 is 0 Å². The maximum absolute atomic E-state index is 12.5. The van der Waals surface area contributed by atoms with E-state index in [4.69, 9.17) is 9.47 Å². The standard InChI is InChI=1S/C18H18N4O3S/c1-10-11(2)19-17-20-18(21-22(17)12(10)3)26-9-14(23)13-4-5-15-16(8-13)25-7-6-24-15/h4-5,8H,6-7,9H2,1-3H3. The van der Waals surface area contributed by atoms with Gasteiger partial charge in [-0.15, -0.1) is 5.10 Å². The molecule has 1 aliphatic heterocycles. The molecule has 8 heteroatoms. The smallest absolute Gasteiger partial charge is 0.253 e. The Labute approximate surface area is 154 Å². The molecule has 1 aromatic carbocycles. The van der Waals surface area contributed by atoms with E-state index >= 15 is 0 Å². The summed E-state index contributed by atoms with van der Waals surface area (Å²) in [6.07, 6.45) is 0. The fraction of sp³-hybridized carbons (Fsp3) is 0.333. The van der Waals surface area contributed by atoms with Crippen LogP contribution in [0.3, 0.4) is 0 Å². The van der Waals surface area contributed by atoms with Crippen LogP contribution in [0, 0.1) is 20.8 Å². The van der Waals surface area contributed by atoms with Crippen molar-refractivity contribution in [2.24, 2.45) is 0 Å². The maximum Gasteiger partial charge on any atom is 0.253 e. The van der Waals surface area contributed by atoms with Crippen molar-refractivity contribution in [3.63, 3.8) is 0 Å². The lowest BCUT2D eigenvalue weighted by Gasteiger charge is -2.18. The highest BCUT2D eigenvalue weighted by molar-refractivity contribution is 7.99. The van der Waals surface area contributed by atoms with Crippen LogP contribution in [0.25, 0.3) is 5.78 Å². The van der Waals surface area contributed by atoms with Crippen LogP contribution in [-0.4, -0.2) is 44.3 Å². The molecule has 7 nitrogen and oxygen atoms in total. The monoisotopic (exact) mass is 370 g/mol. The molecule has 0 bridgehead atoms. The molecule has 0 amide bonds. The van der Waals surface area contributed by atoms with Gasteiger partial charge in [0.25, 0.3) is 5.78 Å². The van der Waals surface area contributed by atoms with Crippen molar-refractivity contribution >= 4 is 23.3 Å². The van der Waals surface area contributed by atoms with E-state index in [1.54, 1.807) is 22.7 Å². The zero-order valence-corrected chi connectivity index (χ0v) is 15.6. The number of benzene rings is 1. The van der Waals surface area contributed by atoms with Crippen molar-refractivity contribution in [2.45, 2.75) is 25.9 Å². The summed E-state index contributed by atoms with van der Waals surface area (Å²) in [5.41, 5.74) is 3.62. The highest BCUT2D eigenvalue weighted by Gasteiger charge is 2.17. The number of nitrogens with zero attached hydrogens (tertiary/aromatic N) is 4. The summed E-state index contributed by atoms with van der Waals surface area (Å²) in [4.78, 5) is 21.4. The number of thioether (sulfide) groups is 1. The highest BCUT2D eigenvalue weighted by atomic mass is 32.2. The molecule has 0 N–H and O–H groups in total. The van der Waals surface area contributed by atoms with Crippen molar-refractivity contribution in [3.05, 3.63) is 40.7 Å². The number of hydrogen-bond donors (Lipinski definition) is 0. The molecule has 134 valence electrons. The summed E-state index contributed by atoms with van der Waals surface area (Å²) in [5.74, 6) is 2.08. The van der Waals surface area contributed by atoms with E-state index in [0.29, 0.717) is 41.2 Å². The second-order valence-corrected chi connectivity index (χ2v) is 7.03. The highest BCUT2D eigenvalue weighted by Crippen LogP contribution is 2.31. The van der Waals surface area contributed by atoms with E-state index in [0.717, 1.165) is 17.0 Å². The van der Waals surface area contributed by atoms with Crippen molar-refractivity contribution < 1.29 is 14.3 Å². The zero-order valence-electron chi connectivity index (χ0n) is 14.8. The summed E-state index contributed by atoms with van der Waals surface area (Å²) in [7, 11) is 0. The summed E-state index contributed by atoms with van der Waals surface area (Å²) in [6, 6.07) is 5.26. The number of aromatic nitrogens is 4. The van der Waals surface area contributed by atoms with Crippen molar-refractivity contribution in [1.82, 2.24) is 19.6 Å². The topological polar surface area (TPSA) is 78.6 Å². The Balaban J connectivity index is 1.51. The van der Waals surface area contributed by atoms with Crippen molar-refractivity contribution in [2.75, 3.05) is 19.0 Å². The number of ether oxygens (including phenoxy) is 2. The number of carbonyl (C=O) groups excluding carboxylic acids is 1. The quantitative estimate of drug-likeness (QED) is 0.516. The van der Waals surface area contributed by atoms with Crippen LogP contribution in [0.2, 0.25) is 0 Å². The molecule has 0 aliphatic carbocycles. The lowest BCUT2D eigenvalue weighted by atomic mass is 10.1. The van der Waals surface area contributed by atoms with E-state index in [1.807, 2.05) is 20.8 Å². The molecular formula is C18H18N4O3S. The molecule has 26 heavy (non-hydrogen) atoms. The van der Waals surface area contributed by atoms with Crippen LogP contribution in [0.4, 0.5) is 0 Å².